The Morgan fingerprint density at radius 2 is 2.12 bits per heavy atom. The summed E-state index contributed by atoms with van der Waals surface area (Å²) in [5.41, 5.74) is 1.23. The standard InChI is InChI=1S/C12H11ClFN3/c1-6-2-5-8(14)10-9(6)11(15-7-3-4-7)17-12(13)16-10/h2,5,7H,3-4H2,1H3,(H,15,16,17). The number of fused-ring (bicyclic) bond motifs is 1. The minimum Gasteiger partial charge on any atom is -0.367 e. The first-order valence-corrected chi connectivity index (χ1v) is 5.92. The van der Waals surface area contributed by atoms with Crippen molar-refractivity contribution >= 4 is 28.3 Å². The van der Waals surface area contributed by atoms with Crippen LogP contribution in [0, 0.1) is 12.7 Å². The van der Waals surface area contributed by atoms with E-state index >= 15 is 0 Å². The molecule has 5 heteroatoms. The van der Waals surface area contributed by atoms with Gasteiger partial charge in [0, 0.05) is 11.4 Å². The number of aryl methyl sites for hydroxylation is 1. The van der Waals surface area contributed by atoms with Gasteiger partial charge in [-0.15, -0.1) is 0 Å². The van der Waals surface area contributed by atoms with Gasteiger partial charge in [-0.05, 0) is 43.0 Å². The quantitative estimate of drug-likeness (QED) is 0.833. The van der Waals surface area contributed by atoms with Gasteiger partial charge in [0.2, 0.25) is 5.28 Å². The largest absolute Gasteiger partial charge is 0.367 e. The topological polar surface area (TPSA) is 37.8 Å². The average molecular weight is 252 g/mol. The van der Waals surface area contributed by atoms with E-state index in [0.717, 1.165) is 23.8 Å². The van der Waals surface area contributed by atoms with Crippen LogP contribution in [-0.2, 0) is 0 Å². The molecule has 1 heterocycles. The maximum absolute atomic E-state index is 13.7. The van der Waals surface area contributed by atoms with E-state index in [0.29, 0.717) is 11.9 Å². The van der Waals surface area contributed by atoms with Gasteiger partial charge < -0.3 is 5.32 Å². The maximum Gasteiger partial charge on any atom is 0.225 e. The lowest BCUT2D eigenvalue weighted by molar-refractivity contribution is 0.636. The molecule has 0 amide bonds. The van der Waals surface area contributed by atoms with Crippen molar-refractivity contribution in [3.05, 3.63) is 28.8 Å². The first kappa shape index (κ1) is 10.7. The van der Waals surface area contributed by atoms with E-state index in [4.69, 9.17) is 11.6 Å². The van der Waals surface area contributed by atoms with Crippen LogP contribution in [0.25, 0.3) is 10.9 Å². The molecule has 1 N–H and O–H groups in total. The third kappa shape index (κ3) is 1.93. The molecule has 1 aromatic carbocycles. The number of benzene rings is 1. The Balaban J connectivity index is 2.27. The minimum absolute atomic E-state index is 0.0742. The van der Waals surface area contributed by atoms with Gasteiger partial charge in [0.1, 0.15) is 17.2 Å². The van der Waals surface area contributed by atoms with Gasteiger partial charge >= 0.3 is 0 Å². The molecule has 0 bridgehead atoms. The van der Waals surface area contributed by atoms with E-state index < -0.39 is 0 Å². The molecule has 0 aliphatic heterocycles. The van der Waals surface area contributed by atoms with Crippen LogP contribution in [0.4, 0.5) is 10.2 Å². The smallest absolute Gasteiger partial charge is 0.225 e. The number of halogens is 2. The molecule has 1 saturated carbocycles. The Bertz CT molecular complexity index is 596. The maximum atomic E-state index is 13.7. The molecule has 88 valence electrons. The second-order valence-corrected chi connectivity index (χ2v) is 4.69. The third-order valence-corrected chi connectivity index (χ3v) is 3.07. The Morgan fingerprint density at radius 3 is 2.82 bits per heavy atom. The second-order valence-electron chi connectivity index (χ2n) is 4.35. The second kappa shape index (κ2) is 3.81. The summed E-state index contributed by atoms with van der Waals surface area (Å²) in [7, 11) is 0. The van der Waals surface area contributed by atoms with Crippen LogP contribution in [0.3, 0.4) is 0 Å². The molecule has 2 aromatic rings. The van der Waals surface area contributed by atoms with E-state index in [2.05, 4.69) is 15.3 Å². The van der Waals surface area contributed by atoms with Crippen LogP contribution in [-0.4, -0.2) is 16.0 Å². The fourth-order valence-electron chi connectivity index (χ4n) is 1.87. The molecule has 1 fully saturated rings. The molecule has 1 aliphatic carbocycles. The summed E-state index contributed by atoms with van der Waals surface area (Å²) in [6.45, 7) is 1.91. The lowest BCUT2D eigenvalue weighted by Gasteiger charge is -2.10. The van der Waals surface area contributed by atoms with Gasteiger partial charge in [0.25, 0.3) is 0 Å². The highest BCUT2D eigenvalue weighted by Gasteiger charge is 2.23. The Morgan fingerprint density at radius 1 is 1.35 bits per heavy atom. The zero-order chi connectivity index (χ0) is 12.0. The number of rotatable bonds is 2. The van der Waals surface area contributed by atoms with Crippen molar-refractivity contribution in [3.63, 3.8) is 0 Å². The van der Waals surface area contributed by atoms with Crippen LogP contribution in [0.1, 0.15) is 18.4 Å². The van der Waals surface area contributed by atoms with Gasteiger partial charge in [-0.3, -0.25) is 0 Å². The fourth-order valence-corrected chi connectivity index (χ4v) is 2.03. The molecule has 1 aromatic heterocycles. The summed E-state index contributed by atoms with van der Waals surface area (Å²) in [5, 5.41) is 4.06. The molecular weight excluding hydrogens is 241 g/mol. The van der Waals surface area contributed by atoms with E-state index in [-0.39, 0.29) is 16.6 Å². The lowest BCUT2D eigenvalue weighted by Crippen LogP contribution is -2.06. The normalized spacial score (nSPS) is 15.2. The molecular formula is C12H11ClFN3. The van der Waals surface area contributed by atoms with E-state index in [1.165, 1.54) is 6.07 Å². The highest BCUT2D eigenvalue weighted by Crippen LogP contribution is 2.31. The summed E-state index contributed by atoms with van der Waals surface area (Å²) in [6, 6.07) is 3.57. The van der Waals surface area contributed by atoms with Crippen molar-refractivity contribution in [2.24, 2.45) is 0 Å². The molecule has 3 rings (SSSR count). The Labute approximate surface area is 103 Å². The number of hydrogen-bond acceptors (Lipinski definition) is 3. The highest BCUT2D eigenvalue weighted by molar-refractivity contribution is 6.28. The predicted molar refractivity (Wildman–Crippen MR) is 65.9 cm³/mol. The summed E-state index contributed by atoms with van der Waals surface area (Å²) in [4.78, 5) is 8.12. The zero-order valence-electron chi connectivity index (χ0n) is 9.30. The first-order valence-electron chi connectivity index (χ1n) is 5.54. The Hall–Kier alpha value is -1.42. The number of nitrogens with zero attached hydrogens (tertiary/aromatic N) is 2. The van der Waals surface area contributed by atoms with Gasteiger partial charge in [-0.2, -0.15) is 0 Å². The summed E-state index contributed by atoms with van der Waals surface area (Å²) >= 11 is 5.82. The van der Waals surface area contributed by atoms with E-state index in [1.807, 2.05) is 6.92 Å². The van der Waals surface area contributed by atoms with E-state index in [1.54, 1.807) is 6.07 Å². The number of nitrogens with one attached hydrogen (secondary N) is 1. The predicted octanol–water partition coefficient (Wildman–Crippen LogP) is 3.31. The van der Waals surface area contributed by atoms with Crippen LogP contribution >= 0.6 is 11.6 Å². The van der Waals surface area contributed by atoms with Crippen LogP contribution in [0.5, 0.6) is 0 Å². The first-order chi connectivity index (χ1) is 8.15. The van der Waals surface area contributed by atoms with Crippen molar-refractivity contribution < 1.29 is 4.39 Å². The van der Waals surface area contributed by atoms with Crippen molar-refractivity contribution in [3.8, 4) is 0 Å². The van der Waals surface area contributed by atoms with Crippen LogP contribution in [0.15, 0.2) is 12.1 Å². The fraction of sp³-hybridized carbons (Fsp3) is 0.333. The molecule has 3 nitrogen and oxygen atoms in total. The van der Waals surface area contributed by atoms with Gasteiger partial charge in [0.15, 0.2) is 0 Å². The number of anilines is 1. The van der Waals surface area contributed by atoms with Gasteiger partial charge in [0.05, 0.1) is 0 Å². The van der Waals surface area contributed by atoms with Crippen LogP contribution < -0.4 is 5.32 Å². The van der Waals surface area contributed by atoms with Crippen molar-refractivity contribution in [2.75, 3.05) is 5.32 Å². The molecule has 0 spiro atoms. The molecule has 0 radical (unpaired) electrons. The molecule has 0 atom stereocenters. The van der Waals surface area contributed by atoms with Crippen LogP contribution in [0.2, 0.25) is 5.28 Å². The Kier molecular flexibility index (Phi) is 2.40. The number of aromatic nitrogens is 2. The monoisotopic (exact) mass is 251 g/mol. The zero-order valence-corrected chi connectivity index (χ0v) is 10.1. The molecule has 17 heavy (non-hydrogen) atoms. The van der Waals surface area contributed by atoms with Crippen molar-refractivity contribution in [2.45, 2.75) is 25.8 Å². The summed E-state index contributed by atoms with van der Waals surface area (Å²) < 4.78 is 13.7. The van der Waals surface area contributed by atoms with E-state index in [9.17, 15) is 4.39 Å². The van der Waals surface area contributed by atoms with Gasteiger partial charge in [-0.25, -0.2) is 14.4 Å². The molecule has 1 aliphatic rings. The molecule has 0 unspecified atom stereocenters. The third-order valence-electron chi connectivity index (χ3n) is 2.90. The average Bonchev–Trinajstić information content (AvgIpc) is 3.07. The molecule has 0 saturated heterocycles. The highest BCUT2D eigenvalue weighted by atomic mass is 35.5. The van der Waals surface area contributed by atoms with Crippen molar-refractivity contribution in [1.82, 2.24) is 9.97 Å². The lowest BCUT2D eigenvalue weighted by atomic mass is 10.1. The number of hydrogen-bond donors (Lipinski definition) is 1. The van der Waals surface area contributed by atoms with Gasteiger partial charge in [-0.1, -0.05) is 6.07 Å². The SMILES string of the molecule is Cc1ccc(F)c2nc(Cl)nc(NC3CC3)c12. The minimum atomic E-state index is -0.367. The van der Waals surface area contributed by atoms with Crippen molar-refractivity contribution in [1.29, 1.82) is 0 Å². The summed E-state index contributed by atoms with van der Waals surface area (Å²) in [6.07, 6.45) is 2.24. The summed E-state index contributed by atoms with van der Waals surface area (Å²) in [5.74, 6) is 0.272.